The van der Waals surface area contributed by atoms with Crippen molar-refractivity contribution in [2.45, 2.75) is 51.9 Å². The summed E-state index contributed by atoms with van der Waals surface area (Å²) in [4.78, 5) is 0. The van der Waals surface area contributed by atoms with Gasteiger partial charge in [-0.1, -0.05) is 39.0 Å². The summed E-state index contributed by atoms with van der Waals surface area (Å²) in [6.07, 6.45) is 9.88. The van der Waals surface area contributed by atoms with Crippen molar-refractivity contribution < 1.29 is 0 Å². The minimum atomic E-state index is 0.850. The van der Waals surface area contributed by atoms with Gasteiger partial charge in [-0.15, -0.1) is 0 Å². The molecule has 1 aliphatic rings. The minimum Gasteiger partial charge on any atom is -0.271 e. The Hall–Kier alpha value is -0.0800. The Bertz CT molecular complexity index is 117. The van der Waals surface area contributed by atoms with Crippen molar-refractivity contribution in [2.75, 3.05) is 6.54 Å². The average Bonchev–Trinajstić information content (AvgIpc) is 2.17. The fourth-order valence-corrected chi connectivity index (χ4v) is 2.38. The zero-order valence-corrected chi connectivity index (χ0v) is 8.89. The molecule has 0 atom stereocenters. The van der Waals surface area contributed by atoms with Gasteiger partial charge in [-0.3, -0.25) is 11.3 Å². The average molecular weight is 184 g/mol. The summed E-state index contributed by atoms with van der Waals surface area (Å²) in [5.41, 5.74) is 2.80. The summed E-state index contributed by atoms with van der Waals surface area (Å²) in [6, 6.07) is 0. The van der Waals surface area contributed by atoms with Crippen molar-refractivity contribution >= 4 is 0 Å². The van der Waals surface area contributed by atoms with Gasteiger partial charge in [0, 0.05) is 6.54 Å². The van der Waals surface area contributed by atoms with Crippen molar-refractivity contribution in [1.29, 1.82) is 0 Å². The summed E-state index contributed by atoms with van der Waals surface area (Å²) in [5, 5.41) is 0. The standard InChI is InChI=1S/C11H24N2/c1-2-3-4-10-5-7-11(8-6-10)9-13-12/h10-11,13H,2-9,12H2,1H3. The molecule has 3 N–H and O–H groups in total. The molecule has 0 amide bonds. The first-order chi connectivity index (χ1) is 6.36. The molecule has 0 heterocycles. The van der Waals surface area contributed by atoms with Crippen LogP contribution in [-0.2, 0) is 0 Å². The number of unbranched alkanes of at least 4 members (excludes halogenated alkanes) is 1. The lowest BCUT2D eigenvalue weighted by Crippen LogP contribution is -2.31. The highest BCUT2D eigenvalue weighted by Crippen LogP contribution is 2.31. The summed E-state index contributed by atoms with van der Waals surface area (Å²) >= 11 is 0. The number of hydrogen-bond acceptors (Lipinski definition) is 2. The molecule has 1 aliphatic carbocycles. The fourth-order valence-electron chi connectivity index (χ4n) is 2.38. The van der Waals surface area contributed by atoms with Gasteiger partial charge >= 0.3 is 0 Å². The molecule has 0 aromatic carbocycles. The van der Waals surface area contributed by atoms with Crippen LogP contribution in [0.1, 0.15) is 51.9 Å². The molecule has 0 radical (unpaired) electrons. The summed E-state index contributed by atoms with van der Waals surface area (Å²) in [6.45, 7) is 3.30. The fraction of sp³-hybridized carbons (Fsp3) is 1.00. The normalized spacial score (nSPS) is 29.1. The SMILES string of the molecule is CCCCC1CCC(CNN)CC1. The van der Waals surface area contributed by atoms with Crippen LogP contribution in [0.5, 0.6) is 0 Å². The van der Waals surface area contributed by atoms with E-state index in [-0.39, 0.29) is 0 Å². The van der Waals surface area contributed by atoms with Crippen LogP contribution in [0.3, 0.4) is 0 Å². The van der Waals surface area contributed by atoms with Gasteiger partial charge in [0.1, 0.15) is 0 Å². The largest absolute Gasteiger partial charge is 0.271 e. The van der Waals surface area contributed by atoms with Gasteiger partial charge < -0.3 is 0 Å². The Morgan fingerprint density at radius 3 is 2.31 bits per heavy atom. The first-order valence-corrected chi connectivity index (χ1v) is 5.80. The van der Waals surface area contributed by atoms with Gasteiger partial charge in [0.25, 0.3) is 0 Å². The molecule has 2 nitrogen and oxygen atoms in total. The molecule has 0 saturated heterocycles. The zero-order valence-electron chi connectivity index (χ0n) is 8.89. The first-order valence-electron chi connectivity index (χ1n) is 5.80. The van der Waals surface area contributed by atoms with Gasteiger partial charge in [0.2, 0.25) is 0 Å². The second-order valence-electron chi connectivity index (χ2n) is 4.44. The first kappa shape index (κ1) is 11.0. The molecule has 13 heavy (non-hydrogen) atoms. The van der Waals surface area contributed by atoms with Gasteiger partial charge in [-0.05, 0) is 24.7 Å². The topological polar surface area (TPSA) is 38.0 Å². The molecule has 0 spiro atoms. The van der Waals surface area contributed by atoms with Crippen LogP contribution in [0.15, 0.2) is 0 Å². The van der Waals surface area contributed by atoms with E-state index in [2.05, 4.69) is 12.3 Å². The van der Waals surface area contributed by atoms with E-state index in [9.17, 15) is 0 Å². The Kier molecular flexibility index (Phi) is 5.40. The quantitative estimate of drug-likeness (QED) is 0.509. The lowest BCUT2D eigenvalue weighted by Gasteiger charge is -2.28. The van der Waals surface area contributed by atoms with Crippen LogP contribution in [0.4, 0.5) is 0 Å². The monoisotopic (exact) mass is 184 g/mol. The lowest BCUT2D eigenvalue weighted by atomic mass is 9.80. The van der Waals surface area contributed by atoms with E-state index in [1.165, 1.54) is 44.9 Å². The van der Waals surface area contributed by atoms with Gasteiger partial charge in [-0.25, -0.2) is 0 Å². The Morgan fingerprint density at radius 1 is 1.15 bits per heavy atom. The van der Waals surface area contributed by atoms with Crippen LogP contribution in [0.25, 0.3) is 0 Å². The van der Waals surface area contributed by atoms with Crippen LogP contribution < -0.4 is 11.3 Å². The van der Waals surface area contributed by atoms with Crippen LogP contribution in [0, 0.1) is 11.8 Å². The summed E-state index contributed by atoms with van der Waals surface area (Å²) in [5.74, 6) is 7.20. The predicted molar refractivity (Wildman–Crippen MR) is 57.2 cm³/mol. The number of nitrogens with two attached hydrogens (primary N) is 1. The van der Waals surface area contributed by atoms with E-state index >= 15 is 0 Å². The van der Waals surface area contributed by atoms with E-state index < -0.39 is 0 Å². The summed E-state index contributed by atoms with van der Waals surface area (Å²) < 4.78 is 0. The molecule has 0 unspecified atom stereocenters. The minimum absolute atomic E-state index is 0.850. The molecule has 0 aliphatic heterocycles. The maximum atomic E-state index is 5.32. The molecule has 1 saturated carbocycles. The zero-order chi connectivity index (χ0) is 9.52. The maximum absolute atomic E-state index is 5.32. The third kappa shape index (κ3) is 4.10. The van der Waals surface area contributed by atoms with Crippen molar-refractivity contribution in [3.8, 4) is 0 Å². The number of hydrazine groups is 1. The highest BCUT2D eigenvalue weighted by atomic mass is 15.2. The predicted octanol–water partition coefficient (Wildman–Crippen LogP) is 2.45. The van der Waals surface area contributed by atoms with Crippen molar-refractivity contribution in [3.63, 3.8) is 0 Å². The van der Waals surface area contributed by atoms with Crippen molar-refractivity contribution in [3.05, 3.63) is 0 Å². The van der Waals surface area contributed by atoms with E-state index in [1.54, 1.807) is 0 Å². The number of nitrogens with one attached hydrogen (secondary N) is 1. The van der Waals surface area contributed by atoms with E-state index in [0.717, 1.165) is 18.4 Å². The van der Waals surface area contributed by atoms with Crippen LogP contribution >= 0.6 is 0 Å². The second-order valence-corrected chi connectivity index (χ2v) is 4.44. The molecule has 0 aromatic heterocycles. The molecule has 2 heteroatoms. The molecular weight excluding hydrogens is 160 g/mol. The molecule has 1 rings (SSSR count). The third-order valence-corrected chi connectivity index (χ3v) is 3.34. The van der Waals surface area contributed by atoms with Crippen LogP contribution in [-0.4, -0.2) is 6.54 Å². The van der Waals surface area contributed by atoms with Crippen LogP contribution in [0.2, 0.25) is 0 Å². The second kappa shape index (κ2) is 6.39. The van der Waals surface area contributed by atoms with E-state index in [4.69, 9.17) is 5.84 Å². The van der Waals surface area contributed by atoms with Crippen molar-refractivity contribution in [2.24, 2.45) is 17.7 Å². The molecule has 1 fully saturated rings. The maximum Gasteiger partial charge on any atom is 0.0126 e. The third-order valence-electron chi connectivity index (χ3n) is 3.34. The van der Waals surface area contributed by atoms with Gasteiger partial charge in [-0.2, -0.15) is 0 Å². The lowest BCUT2D eigenvalue weighted by molar-refractivity contribution is 0.254. The Balaban J connectivity index is 2.08. The highest BCUT2D eigenvalue weighted by molar-refractivity contribution is 4.73. The highest BCUT2D eigenvalue weighted by Gasteiger charge is 2.19. The number of hydrogen-bond donors (Lipinski definition) is 2. The van der Waals surface area contributed by atoms with Gasteiger partial charge in [0.05, 0.1) is 0 Å². The molecule has 0 aromatic rings. The molecular formula is C11H24N2. The van der Waals surface area contributed by atoms with Crippen molar-refractivity contribution in [1.82, 2.24) is 5.43 Å². The molecule has 78 valence electrons. The summed E-state index contributed by atoms with van der Waals surface area (Å²) in [7, 11) is 0. The smallest absolute Gasteiger partial charge is 0.0126 e. The van der Waals surface area contributed by atoms with E-state index in [0.29, 0.717) is 0 Å². The Morgan fingerprint density at radius 2 is 1.77 bits per heavy atom. The number of rotatable bonds is 5. The Labute approximate surface area is 82.2 Å². The van der Waals surface area contributed by atoms with Gasteiger partial charge in [0.15, 0.2) is 0 Å². The van der Waals surface area contributed by atoms with E-state index in [1.807, 2.05) is 0 Å². The molecule has 0 bridgehead atoms.